The van der Waals surface area contributed by atoms with Gasteiger partial charge in [-0.2, -0.15) is 0 Å². The summed E-state index contributed by atoms with van der Waals surface area (Å²) in [5, 5.41) is 21.0. The maximum Gasteiger partial charge on any atom is 0.0620 e. The van der Waals surface area contributed by atoms with Gasteiger partial charge in [0.15, 0.2) is 0 Å². The highest BCUT2D eigenvalue weighted by molar-refractivity contribution is 6.27. The summed E-state index contributed by atoms with van der Waals surface area (Å²) in [5.74, 6) is 0.881. The zero-order chi connectivity index (χ0) is 39.5. The number of nitrogens with zero attached hydrogens (tertiary/aromatic N) is 2. The molecule has 282 valence electrons. The average molecular weight is 765 g/mol. The van der Waals surface area contributed by atoms with E-state index in [4.69, 9.17) is 0 Å². The number of aromatic nitrogens is 2. The van der Waals surface area contributed by atoms with E-state index in [0.717, 1.165) is 6.42 Å². The topological polar surface area (TPSA) is 8.82 Å². The minimum atomic E-state index is 0.371. The molecule has 1 unspecified atom stereocenters. The summed E-state index contributed by atoms with van der Waals surface area (Å²) in [5.41, 5.74) is 12.0. The van der Waals surface area contributed by atoms with Crippen molar-refractivity contribution in [3.05, 3.63) is 180 Å². The average Bonchev–Trinajstić information content (AvgIpc) is 3.98. The van der Waals surface area contributed by atoms with Gasteiger partial charge in [0.25, 0.3) is 0 Å². The van der Waals surface area contributed by atoms with Gasteiger partial charge < -0.3 is 8.80 Å². The van der Waals surface area contributed by atoms with Crippen LogP contribution in [0.15, 0.2) is 164 Å². The van der Waals surface area contributed by atoms with E-state index in [1.807, 2.05) is 0 Å². The van der Waals surface area contributed by atoms with Gasteiger partial charge in [-0.25, -0.2) is 0 Å². The third-order valence-electron chi connectivity index (χ3n) is 14.3. The fraction of sp³-hybridized carbons (Fsp3) is 0.103. The van der Waals surface area contributed by atoms with E-state index in [2.05, 4.69) is 193 Å². The van der Waals surface area contributed by atoms with Gasteiger partial charge in [-0.15, -0.1) is 0 Å². The molecule has 0 saturated heterocycles. The molecule has 2 heteroatoms. The Morgan fingerprint density at radius 1 is 0.333 bits per heavy atom. The van der Waals surface area contributed by atoms with E-state index >= 15 is 0 Å². The lowest BCUT2D eigenvalue weighted by atomic mass is 9.91. The van der Waals surface area contributed by atoms with Gasteiger partial charge in [0, 0.05) is 43.1 Å². The highest BCUT2D eigenvalue weighted by Crippen LogP contribution is 2.44. The van der Waals surface area contributed by atoms with Crippen LogP contribution in [-0.4, -0.2) is 8.80 Å². The molecule has 0 saturated carbocycles. The molecule has 4 aromatic heterocycles. The molecule has 14 rings (SSSR count). The normalized spacial score (nSPS) is 13.4. The van der Waals surface area contributed by atoms with Crippen molar-refractivity contribution in [3.63, 3.8) is 0 Å². The van der Waals surface area contributed by atoms with Gasteiger partial charge in [-0.1, -0.05) is 136 Å². The van der Waals surface area contributed by atoms with E-state index in [0.29, 0.717) is 11.8 Å². The van der Waals surface area contributed by atoms with Crippen molar-refractivity contribution in [1.82, 2.24) is 8.80 Å². The van der Waals surface area contributed by atoms with Gasteiger partial charge in [0.05, 0.1) is 33.1 Å². The summed E-state index contributed by atoms with van der Waals surface area (Å²) >= 11 is 0. The maximum atomic E-state index is 2.53. The number of hydrogen-bond acceptors (Lipinski definition) is 0. The maximum absolute atomic E-state index is 2.53. The Morgan fingerprint density at radius 3 is 1.23 bits per heavy atom. The fourth-order valence-corrected chi connectivity index (χ4v) is 11.2. The number of rotatable bonds is 4. The summed E-state index contributed by atoms with van der Waals surface area (Å²) in [6, 6.07) is 63.0. The molecule has 0 aliphatic rings. The van der Waals surface area contributed by atoms with Crippen molar-refractivity contribution in [2.45, 2.75) is 39.0 Å². The van der Waals surface area contributed by atoms with Gasteiger partial charge in [-0.3, -0.25) is 0 Å². The Bertz CT molecular complexity index is 4140. The van der Waals surface area contributed by atoms with Gasteiger partial charge in [-0.05, 0) is 127 Å². The molecular weight excluding hydrogens is 725 g/mol. The summed E-state index contributed by atoms with van der Waals surface area (Å²) in [7, 11) is 0. The van der Waals surface area contributed by atoms with Crippen molar-refractivity contribution in [2.75, 3.05) is 0 Å². The van der Waals surface area contributed by atoms with Crippen molar-refractivity contribution >= 4 is 119 Å². The van der Waals surface area contributed by atoms with E-state index < -0.39 is 0 Å². The second-order valence-electron chi connectivity index (χ2n) is 18.1. The first-order valence-electron chi connectivity index (χ1n) is 21.6. The van der Waals surface area contributed by atoms with Crippen LogP contribution >= 0.6 is 0 Å². The minimum absolute atomic E-state index is 0.371. The fourth-order valence-electron chi connectivity index (χ4n) is 11.2. The smallest absolute Gasteiger partial charge is 0.0620 e. The molecule has 0 aliphatic heterocycles. The first-order chi connectivity index (χ1) is 29.4. The van der Waals surface area contributed by atoms with Crippen LogP contribution in [0.3, 0.4) is 0 Å². The van der Waals surface area contributed by atoms with Gasteiger partial charge in [0.2, 0.25) is 0 Å². The second kappa shape index (κ2) is 11.5. The summed E-state index contributed by atoms with van der Waals surface area (Å²) in [4.78, 5) is 0. The lowest BCUT2D eigenvalue weighted by molar-refractivity contribution is 0.761. The SMILES string of the molecule is CC(C)c1ccc2cc3c(cc2c1)c1cccc2c4cc5cc(C(C)Cc6ccc7cc8c(cc7c6)c6cccc7c9cc%10ccccc%10cc9n8c76)ccc5cc4n3c12. The minimum Gasteiger partial charge on any atom is -0.308 e. The zero-order valence-corrected chi connectivity index (χ0v) is 33.8. The van der Waals surface area contributed by atoms with Crippen LogP contribution in [0.2, 0.25) is 0 Å². The van der Waals surface area contributed by atoms with E-state index in [1.165, 1.54) is 136 Å². The molecule has 4 heterocycles. The van der Waals surface area contributed by atoms with Gasteiger partial charge >= 0.3 is 0 Å². The summed E-state index contributed by atoms with van der Waals surface area (Å²) < 4.78 is 5.04. The van der Waals surface area contributed by atoms with Gasteiger partial charge in [0.1, 0.15) is 0 Å². The Labute approximate surface area is 346 Å². The lowest BCUT2D eigenvalue weighted by Crippen LogP contribution is -1.98. The van der Waals surface area contributed by atoms with Crippen LogP contribution in [0.4, 0.5) is 0 Å². The van der Waals surface area contributed by atoms with E-state index in [1.54, 1.807) is 0 Å². The van der Waals surface area contributed by atoms with Crippen LogP contribution in [0.25, 0.3) is 119 Å². The molecule has 0 aliphatic carbocycles. The lowest BCUT2D eigenvalue weighted by Gasteiger charge is -2.14. The Kier molecular flexibility index (Phi) is 6.29. The molecule has 14 aromatic rings. The molecule has 0 bridgehead atoms. The molecule has 0 N–H and O–H groups in total. The molecular formula is C58H40N2. The van der Waals surface area contributed by atoms with Crippen LogP contribution in [0.5, 0.6) is 0 Å². The third-order valence-corrected chi connectivity index (χ3v) is 14.3. The van der Waals surface area contributed by atoms with E-state index in [9.17, 15) is 0 Å². The highest BCUT2D eigenvalue weighted by atomic mass is 14.9. The predicted molar refractivity (Wildman–Crippen MR) is 258 cm³/mol. The monoisotopic (exact) mass is 764 g/mol. The van der Waals surface area contributed by atoms with Crippen LogP contribution in [-0.2, 0) is 6.42 Å². The van der Waals surface area contributed by atoms with Crippen molar-refractivity contribution in [2.24, 2.45) is 0 Å². The van der Waals surface area contributed by atoms with Crippen LogP contribution < -0.4 is 0 Å². The van der Waals surface area contributed by atoms with E-state index in [-0.39, 0.29) is 0 Å². The number of fused-ring (bicyclic) bond motifs is 16. The van der Waals surface area contributed by atoms with Crippen molar-refractivity contribution in [3.8, 4) is 0 Å². The first-order valence-corrected chi connectivity index (χ1v) is 21.6. The van der Waals surface area contributed by atoms with Crippen LogP contribution in [0.1, 0.15) is 49.3 Å². The Balaban J connectivity index is 0.847. The molecule has 1 atom stereocenters. The first kappa shape index (κ1) is 32.8. The van der Waals surface area contributed by atoms with Crippen molar-refractivity contribution < 1.29 is 0 Å². The zero-order valence-electron chi connectivity index (χ0n) is 33.8. The molecule has 60 heavy (non-hydrogen) atoms. The standard InChI is InChI=1S/C58H40N2/c1-32(2)35-16-18-40-30-55-51(26-43(40)22-35)47-12-7-13-48-52-27-44-23-36(17-19-41(44)31-56(52)60(55)58(47)48)33(3)20-34-14-15-39-29-54-50(25-42(39)21-34)46-11-6-10-45-49-24-37-8-4-5-9-38(37)28-53(49)59(54)57(45)46/h4-19,21-33H,20H2,1-3H3. The molecule has 0 spiro atoms. The predicted octanol–water partition coefficient (Wildman–Crippen LogP) is 16.1. The molecule has 10 aromatic carbocycles. The third kappa shape index (κ3) is 4.33. The number of benzene rings is 10. The Hall–Kier alpha value is -7.16. The molecule has 2 nitrogen and oxygen atoms in total. The molecule has 0 radical (unpaired) electrons. The summed E-state index contributed by atoms with van der Waals surface area (Å²) in [6.45, 7) is 6.94. The van der Waals surface area contributed by atoms with Crippen molar-refractivity contribution in [1.29, 1.82) is 0 Å². The summed E-state index contributed by atoms with van der Waals surface area (Å²) in [6.07, 6.45) is 0.986. The number of hydrogen-bond donors (Lipinski definition) is 0. The number of para-hydroxylation sites is 2. The molecule has 0 fully saturated rings. The quantitative estimate of drug-likeness (QED) is 0.169. The van der Waals surface area contributed by atoms with Crippen LogP contribution in [0, 0.1) is 0 Å². The highest BCUT2D eigenvalue weighted by Gasteiger charge is 2.21. The molecule has 0 amide bonds. The largest absolute Gasteiger partial charge is 0.308 e. The Morgan fingerprint density at radius 2 is 0.733 bits per heavy atom. The second-order valence-corrected chi connectivity index (χ2v) is 18.1.